The fourth-order valence-corrected chi connectivity index (χ4v) is 2.45. The molecular formula is C12H17N3O3. The lowest BCUT2D eigenvalue weighted by Gasteiger charge is -2.37. The Morgan fingerprint density at radius 2 is 2.44 bits per heavy atom. The average molecular weight is 251 g/mol. The number of nitrogens with one attached hydrogen (secondary N) is 1. The van der Waals surface area contributed by atoms with E-state index < -0.39 is 12.0 Å². The standard InChI is InChI=1S/C12H17N3O3/c1-2-8-3-6-15(9(7-8)12(17)18)10-11(16)14-5-4-13-10/h4-5,8-9H,2-3,6-7H2,1H3,(H,14,16)(H,17,18). The van der Waals surface area contributed by atoms with Crippen LogP contribution in [0.2, 0.25) is 0 Å². The zero-order valence-electron chi connectivity index (χ0n) is 10.3. The number of rotatable bonds is 3. The van der Waals surface area contributed by atoms with Crippen molar-refractivity contribution in [2.75, 3.05) is 11.4 Å². The number of carbonyl (C=O) groups is 1. The summed E-state index contributed by atoms with van der Waals surface area (Å²) in [5.41, 5.74) is -0.335. The number of hydrogen-bond donors (Lipinski definition) is 2. The largest absolute Gasteiger partial charge is 0.480 e. The quantitative estimate of drug-likeness (QED) is 0.831. The van der Waals surface area contributed by atoms with Crippen molar-refractivity contribution < 1.29 is 9.90 Å². The van der Waals surface area contributed by atoms with Crippen LogP contribution >= 0.6 is 0 Å². The second-order valence-corrected chi connectivity index (χ2v) is 4.59. The first-order valence-electron chi connectivity index (χ1n) is 6.16. The van der Waals surface area contributed by atoms with Crippen molar-refractivity contribution in [2.24, 2.45) is 5.92 Å². The van der Waals surface area contributed by atoms with E-state index in [0.29, 0.717) is 18.9 Å². The van der Waals surface area contributed by atoms with Crippen LogP contribution in [0.1, 0.15) is 26.2 Å². The van der Waals surface area contributed by atoms with Gasteiger partial charge in [-0.05, 0) is 18.8 Å². The lowest BCUT2D eigenvalue weighted by Crippen LogP contribution is -2.49. The normalized spacial score (nSPS) is 23.9. The molecule has 98 valence electrons. The van der Waals surface area contributed by atoms with E-state index in [2.05, 4.69) is 16.9 Å². The molecule has 0 bridgehead atoms. The van der Waals surface area contributed by atoms with Crippen molar-refractivity contribution in [3.05, 3.63) is 22.7 Å². The van der Waals surface area contributed by atoms with Crippen LogP contribution in [0.15, 0.2) is 17.2 Å². The van der Waals surface area contributed by atoms with Gasteiger partial charge < -0.3 is 15.0 Å². The Morgan fingerprint density at radius 1 is 1.67 bits per heavy atom. The molecule has 6 nitrogen and oxygen atoms in total. The van der Waals surface area contributed by atoms with Crippen LogP contribution < -0.4 is 10.5 Å². The van der Waals surface area contributed by atoms with Crippen LogP contribution in [-0.4, -0.2) is 33.6 Å². The van der Waals surface area contributed by atoms with Crippen LogP contribution in [0.5, 0.6) is 0 Å². The molecule has 0 aliphatic carbocycles. The third-order valence-corrected chi connectivity index (χ3v) is 3.53. The molecule has 2 atom stereocenters. The van der Waals surface area contributed by atoms with Crippen LogP contribution in [0.4, 0.5) is 5.82 Å². The van der Waals surface area contributed by atoms with Gasteiger partial charge in [0.25, 0.3) is 5.56 Å². The molecule has 1 aromatic heterocycles. The summed E-state index contributed by atoms with van der Waals surface area (Å²) >= 11 is 0. The number of carboxylic acids is 1. The van der Waals surface area contributed by atoms with E-state index in [1.165, 1.54) is 12.4 Å². The molecule has 2 unspecified atom stereocenters. The highest BCUT2D eigenvalue weighted by Crippen LogP contribution is 2.27. The van der Waals surface area contributed by atoms with Gasteiger partial charge in [-0.2, -0.15) is 0 Å². The zero-order valence-corrected chi connectivity index (χ0v) is 10.3. The third kappa shape index (κ3) is 2.37. The van der Waals surface area contributed by atoms with E-state index in [4.69, 9.17) is 0 Å². The summed E-state index contributed by atoms with van der Waals surface area (Å²) in [6.45, 7) is 2.63. The number of carboxylic acid groups (broad SMARTS) is 1. The number of piperidine rings is 1. The van der Waals surface area contributed by atoms with Crippen molar-refractivity contribution in [2.45, 2.75) is 32.2 Å². The van der Waals surface area contributed by atoms with Gasteiger partial charge in [-0.3, -0.25) is 4.79 Å². The van der Waals surface area contributed by atoms with Crippen molar-refractivity contribution in [1.29, 1.82) is 0 Å². The van der Waals surface area contributed by atoms with E-state index in [1.54, 1.807) is 4.90 Å². The van der Waals surface area contributed by atoms with Crippen LogP contribution in [-0.2, 0) is 4.79 Å². The van der Waals surface area contributed by atoms with Gasteiger partial charge in [0.15, 0.2) is 5.82 Å². The molecule has 1 aromatic rings. The summed E-state index contributed by atoms with van der Waals surface area (Å²) in [7, 11) is 0. The number of nitrogens with zero attached hydrogens (tertiary/aromatic N) is 2. The van der Waals surface area contributed by atoms with E-state index in [1.807, 2.05) is 0 Å². The molecule has 18 heavy (non-hydrogen) atoms. The smallest absolute Gasteiger partial charge is 0.326 e. The topological polar surface area (TPSA) is 86.3 Å². The molecule has 2 heterocycles. The van der Waals surface area contributed by atoms with Crippen LogP contribution in [0, 0.1) is 5.92 Å². The Bertz CT molecular complexity index is 485. The fraction of sp³-hybridized carbons (Fsp3) is 0.583. The van der Waals surface area contributed by atoms with Crippen molar-refractivity contribution in [3.63, 3.8) is 0 Å². The molecule has 0 saturated carbocycles. The van der Waals surface area contributed by atoms with E-state index in [-0.39, 0.29) is 11.4 Å². The second-order valence-electron chi connectivity index (χ2n) is 4.59. The number of H-pyrrole nitrogens is 1. The average Bonchev–Trinajstić information content (AvgIpc) is 2.38. The number of hydrogen-bond acceptors (Lipinski definition) is 4. The van der Waals surface area contributed by atoms with Crippen molar-refractivity contribution in [3.8, 4) is 0 Å². The number of aliphatic carboxylic acids is 1. The summed E-state index contributed by atoms with van der Waals surface area (Å²) in [6.07, 6.45) is 5.36. The molecule has 1 fully saturated rings. The Labute approximate surface area is 105 Å². The Hall–Kier alpha value is -1.85. The SMILES string of the molecule is CCC1CCN(c2ncc[nH]c2=O)C(C(=O)O)C1. The van der Waals surface area contributed by atoms with Crippen molar-refractivity contribution >= 4 is 11.8 Å². The summed E-state index contributed by atoms with van der Waals surface area (Å²) < 4.78 is 0. The Morgan fingerprint density at radius 3 is 3.06 bits per heavy atom. The van der Waals surface area contributed by atoms with Gasteiger partial charge >= 0.3 is 5.97 Å². The maximum Gasteiger partial charge on any atom is 0.326 e. The fourth-order valence-electron chi connectivity index (χ4n) is 2.45. The minimum Gasteiger partial charge on any atom is -0.480 e. The predicted molar refractivity (Wildman–Crippen MR) is 66.6 cm³/mol. The molecule has 1 aliphatic rings. The summed E-state index contributed by atoms with van der Waals surface area (Å²) in [5, 5.41) is 9.29. The van der Waals surface area contributed by atoms with E-state index in [9.17, 15) is 14.7 Å². The number of aromatic nitrogens is 2. The highest BCUT2D eigenvalue weighted by molar-refractivity contribution is 5.77. The van der Waals surface area contributed by atoms with Gasteiger partial charge in [0.05, 0.1) is 0 Å². The molecule has 0 spiro atoms. The lowest BCUT2D eigenvalue weighted by atomic mass is 9.89. The molecule has 2 rings (SSSR count). The maximum atomic E-state index is 11.7. The Kier molecular flexibility index (Phi) is 3.64. The highest BCUT2D eigenvalue weighted by atomic mass is 16.4. The van der Waals surface area contributed by atoms with Gasteiger partial charge in [0.2, 0.25) is 0 Å². The lowest BCUT2D eigenvalue weighted by molar-refractivity contribution is -0.139. The minimum atomic E-state index is -0.891. The predicted octanol–water partition coefficient (Wildman–Crippen LogP) is 0.849. The summed E-state index contributed by atoms with van der Waals surface area (Å²) in [5.74, 6) is -0.275. The third-order valence-electron chi connectivity index (χ3n) is 3.53. The van der Waals surface area contributed by atoms with Crippen LogP contribution in [0.25, 0.3) is 0 Å². The summed E-state index contributed by atoms with van der Waals surface area (Å²) in [6, 6.07) is -0.653. The van der Waals surface area contributed by atoms with Gasteiger partial charge in [-0.15, -0.1) is 0 Å². The molecule has 1 saturated heterocycles. The maximum absolute atomic E-state index is 11.7. The summed E-state index contributed by atoms with van der Waals surface area (Å²) in [4.78, 5) is 31.2. The second kappa shape index (κ2) is 5.20. The first-order chi connectivity index (χ1) is 8.63. The van der Waals surface area contributed by atoms with Gasteiger partial charge in [0.1, 0.15) is 6.04 Å². The van der Waals surface area contributed by atoms with E-state index >= 15 is 0 Å². The van der Waals surface area contributed by atoms with Crippen molar-refractivity contribution in [1.82, 2.24) is 9.97 Å². The van der Waals surface area contributed by atoms with Gasteiger partial charge in [-0.25, -0.2) is 9.78 Å². The van der Waals surface area contributed by atoms with E-state index in [0.717, 1.165) is 12.8 Å². The first-order valence-corrected chi connectivity index (χ1v) is 6.16. The zero-order chi connectivity index (χ0) is 13.1. The first kappa shape index (κ1) is 12.6. The Balaban J connectivity index is 2.29. The number of aromatic amines is 1. The van der Waals surface area contributed by atoms with Crippen LogP contribution in [0.3, 0.4) is 0 Å². The molecular weight excluding hydrogens is 234 g/mol. The molecule has 6 heteroatoms. The monoisotopic (exact) mass is 251 g/mol. The molecule has 0 aromatic carbocycles. The van der Waals surface area contributed by atoms with Gasteiger partial charge in [-0.1, -0.05) is 13.3 Å². The molecule has 1 aliphatic heterocycles. The minimum absolute atomic E-state index is 0.208. The number of anilines is 1. The molecule has 0 radical (unpaired) electrons. The van der Waals surface area contributed by atoms with Gasteiger partial charge in [0, 0.05) is 18.9 Å². The molecule has 2 N–H and O–H groups in total. The molecule has 0 amide bonds. The highest BCUT2D eigenvalue weighted by Gasteiger charge is 2.34.